The summed E-state index contributed by atoms with van der Waals surface area (Å²) in [6.07, 6.45) is 0. The fourth-order valence-corrected chi connectivity index (χ4v) is 7.08. The lowest BCUT2D eigenvalue weighted by molar-refractivity contribution is 0.669. The molecule has 3 aromatic heterocycles. The lowest BCUT2D eigenvalue weighted by Crippen LogP contribution is -2.01. The summed E-state index contributed by atoms with van der Waals surface area (Å²) in [6, 6.07) is 58.7. The predicted molar refractivity (Wildman–Crippen MR) is 203 cm³/mol. The van der Waals surface area contributed by atoms with Crippen molar-refractivity contribution in [1.82, 2.24) is 19.5 Å². The van der Waals surface area contributed by atoms with Crippen LogP contribution in [0.1, 0.15) is 0 Å². The predicted octanol–water partition coefficient (Wildman–Crippen LogP) is 11.5. The molecule has 3 heterocycles. The fraction of sp³-hybridized carbons (Fsp3) is 0. The largest absolute Gasteiger partial charge is 0.455 e. The molecule has 5 heteroatoms. The normalized spacial score (nSPS) is 11.6. The summed E-state index contributed by atoms with van der Waals surface area (Å²) in [6.45, 7) is 0. The van der Waals surface area contributed by atoms with Gasteiger partial charge < -0.3 is 8.98 Å². The first-order valence-corrected chi connectivity index (χ1v) is 16.7. The van der Waals surface area contributed by atoms with Gasteiger partial charge in [-0.3, -0.25) is 0 Å². The van der Waals surface area contributed by atoms with Gasteiger partial charge in [0.25, 0.3) is 0 Å². The number of hydrogen-bond acceptors (Lipinski definition) is 4. The minimum atomic E-state index is 0.568. The van der Waals surface area contributed by atoms with E-state index in [-0.39, 0.29) is 0 Å². The zero-order chi connectivity index (χ0) is 33.0. The number of furan rings is 1. The van der Waals surface area contributed by atoms with Crippen molar-refractivity contribution in [1.29, 1.82) is 0 Å². The van der Waals surface area contributed by atoms with E-state index in [1.807, 2.05) is 60.7 Å². The van der Waals surface area contributed by atoms with Gasteiger partial charge in [0.15, 0.2) is 17.5 Å². The van der Waals surface area contributed by atoms with Crippen molar-refractivity contribution in [2.24, 2.45) is 0 Å². The molecule has 7 aromatic carbocycles. The quantitative estimate of drug-likeness (QED) is 0.188. The van der Waals surface area contributed by atoms with Crippen LogP contribution in [0.15, 0.2) is 174 Å². The molecule has 0 fully saturated rings. The van der Waals surface area contributed by atoms with Gasteiger partial charge in [-0.1, -0.05) is 121 Å². The van der Waals surface area contributed by atoms with Crippen LogP contribution in [0.3, 0.4) is 0 Å². The fourth-order valence-electron chi connectivity index (χ4n) is 7.08. The number of para-hydroxylation sites is 3. The molecule has 10 rings (SSSR count). The molecule has 0 bridgehead atoms. The van der Waals surface area contributed by atoms with Gasteiger partial charge >= 0.3 is 0 Å². The third kappa shape index (κ3) is 4.60. The van der Waals surface area contributed by atoms with E-state index in [1.54, 1.807) is 0 Å². The zero-order valence-electron chi connectivity index (χ0n) is 26.9. The molecule has 0 aliphatic rings. The Bertz CT molecular complexity index is 2850. The van der Waals surface area contributed by atoms with Crippen LogP contribution in [0.5, 0.6) is 0 Å². The third-order valence-corrected chi connectivity index (χ3v) is 9.48. The van der Waals surface area contributed by atoms with Gasteiger partial charge in [-0.15, -0.1) is 0 Å². The van der Waals surface area contributed by atoms with Crippen molar-refractivity contribution in [3.05, 3.63) is 170 Å². The van der Waals surface area contributed by atoms with Crippen LogP contribution in [0.25, 0.3) is 94.7 Å². The Kier molecular flexibility index (Phi) is 6.42. The summed E-state index contributed by atoms with van der Waals surface area (Å²) in [7, 11) is 0. The van der Waals surface area contributed by atoms with Gasteiger partial charge in [-0.25, -0.2) is 15.0 Å². The molecule has 0 amide bonds. The molecule has 10 aromatic rings. The van der Waals surface area contributed by atoms with Crippen molar-refractivity contribution in [2.45, 2.75) is 0 Å². The summed E-state index contributed by atoms with van der Waals surface area (Å²) in [4.78, 5) is 15.1. The molecule has 0 N–H and O–H groups in total. The summed E-state index contributed by atoms with van der Waals surface area (Å²) >= 11 is 0. The van der Waals surface area contributed by atoms with E-state index in [0.717, 1.165) is 55.3 Å². The van der Waals surface area contributed by atoms with Crippen LogP contribution < -0.4 is 0 Å². The Balaban J connectivity index is 1.13. The minimum absolute atomic E-state index is 0.568. The third-order valence-electron chi connectivity index (χ3n) is 9.48. The van der Waals surface area contributed by atoms with Crippen LogP contribution in [0, 0.1) is 0 Å². The Labute approximate surface area is 287 Å². The zero-order valence-corrected chi connectivity index (χ0v) is 26.9. The summed E-state index contributed by atoms with van der Waals surface area (Å²) < 4.78 is 8.73. The van der Waals surface area contributed by atoms with Gasteiger partial charge in [0.2, 0.25) is 0 Å². The highest BCUT2D eigenvalue weighted by molar-refractivity contribution is 6.11. The first kappa shape index (κ1) is 28.2. The van der Waals surface area contributed by atoms with Crippen LogP contribution >= 0.6 is 0 Å². The Morgan fingerprint density at radius 2 is 0.960 bits per heavy atom. The smallest absolute Gasteiger partial charge is 0.167 e. The Hall–Kier alpha value is -6.85. The molecule has 0 saturated heterocycles. The molecule has 0 aliphatic carbocycles. The number of rotatable bonds is 5. The van der Waals surface area contributed by atoms with Crippen molar-refractivity contribution >= 4 is 43.7 Å². The molecule has 0 saturated carbocycles. The van der Waals surface area contributed by atoms with Crippen molar-refractivity contribution in [3.63, 3.8) is 0 Å². The van der Waals surface area contributed by atoms with Gasteiger partial charge in [0, 0.05) is 38.4 Å². The lowest BCUT2D eigenvalue weighted by atomic mass is 10.0. The molecule has 0 spiro atoms. The molecule has 234 valence electrons. The second-order valence-corrected chi connectivity index (χ2v) is 12.5. The molecule has 5 nitrogen and oxygen atoms in total. The van der Waals surface area contributed by atoms with E-state index in [2.05, 4.69) is 114 Å². The Morgan fingerprint density at radius 3 is 1.74 bits per heavy atom. The summed E-state index contributed by atoms with van der Waals surface area (Å²) in [5.41, 5.74) is 10.0. The number of aromatic nitrogens is 4. The number of fused-ring (bicyclic) bond motifs is 6. The molecule has 0 aliphatic heterocycles. The van der Waals surface area contributed by atoms with E-state index in [9.17, 15) is 0 Å². The van der Waals surface area contributed by atoms with E-state index in [4.69, 9.17) is 19.4 Å². The average molecular weight is 641 g/mol. The molecule has 0 unspecified atom stereocenters. The van der Waals surface area contributed by atoms with Crippen LogP contribution in [0.4, 0.5) is 0 Å². The maximum absolute atomic E-state index is 6.39. The van der Waals surface area contributed by atoms with Crippen LogP contribution in [-0.4, -0.2) is 19.5 Å². The van der Waals surface area contributed by atoms with Gasteiger partial charge in [-0.05, 0) is 59.7 Å². The highest BCUT2D eigenvalue weighted by atomic mass is 16.3. The monoisotopic (exact) mass is 640 g/mol. The highest BCUT2D eigenvalue weighted by Crippen LogP contribution is 2.37. The highest BCUT2D eigenvalue weighted by Gasteiger charge is 2.18. The molecule has 0 radical (unpaired) electrons. The second-order valence-electron chi connectivity index (χ2n) is 12.5. The van der Waals surface area contributed by atoms with E-state index in [0.29, 0.717) is 17.5 Å². The number of hydrogen-bond donors (Lipinski definition) is 0. The molecule has 50 heavy (non-hydrogen) atoms. The van der Waals surface area contributed by atoms with Crippen LogP contribution in [-0.2, 0) is 0 Å². The van der Waals surface area contributed by atoms with Gasteiger partial charge in [0.1, 0.15) is 11.2 Å². The van der Waals surface area contributed by atoms with E-state index >= 15 is 0 Å². The first-order valence-electron chi connectivity index (χ1n) is 16.7. The van der Waals surface area contributed by atoms with Gasteiger partial charge in [0.05, 0.1) is 16.6 Å². The summed E-state index contributed by atoms with van der Waals surface area (Å²) in [5, 5.41) is 4.55. The molecular weight excluding hydrogens is 613 g/mol. The lowest BCUT2D eigenvalue weighted by Gasteiger charge is -2.11. The SMILES string of the molecule is c1ccc(-c2ccc3c4ccccc4n(-c4ccc(-c5nc(-c6ccccc6)nc(-c6cccc7c6oc6ccccc67)n5)cc4)c3c2)cc1. The van der Waals surface area contributed by atoms with Crippen molar-refractivity contribution in [3.8, 4) is 51.0 Å². The molecular formula is C45H28N4O. The molecule has 0 atom stereocenters. The van der Waals surface area contributed by atoms with E-state index < -0.39 is 0 Å². The van der Waals surface area contributed by atoms with Gasteiger partial charge in [-0.2, -0.15) is 0 Å². The summed E-state index contributed by atoms with van der Waals surface area (Å²) in [5.74, 6) is 1.78. The average Bonchev–Trinajstić information content (AvgIpc) is 3.74. The van der Waals surface area contributed by atoms with Crippen molar-refractivity contribution in [2.75, 3.05) is 0 Å². The second kappa shape index (κ2) is 11.4. The maximum Gasteiger partial charge on any atom is 0.167 e. The Morgan fingerprint density at radius 1 is 0.380 bits per heavy atom. The van der Waals surface area contributed by atoms with E-state index in [1.165, 1.54) is 21.9 Å². The van der Waals surface area contributed by atoms with Crippen molar-refractivity contribution < 1.29 is 4.42 Å². The number of benzene rings is 7. The van der Waals surface area contributed by atoms with Crippen LogP contribution in [0.2, 0.25) is 0 Å². The maximum atomic E-state index is 6.39. The number of nitrogens with zero attached hydrogens (tertiary/aromatic N) is 4. The standard InChI is InChI=1S/C45H28N4O/c1-3-12-29(13-4-1)32-24-27-35-34-16-7-9-20-39(34)49(40(35)28-32)33-25-22-31(23-26-33)44-46-43(30-14-5-2-6-15-30)47-45(48-44)38-19-11-18-37-36-17-8-10-21-41(36)50-42(37)38/h1-28H. The first-order chi connectivity index (χ1) is 24.8. The minimum Gasteiger partial charge on any atom is -0.455 e. The topological polar surface area (TPSA) is 56.7 Å².